The van der Waals surface area contributed by atoms with E-state index >= 15 is 0 Å². The molecule has 1 aliphatic heterocycles. The third kappa shape index (κ3) is 4.78. The number of carbonyl (C=O) groups is 1. The molecular formula is C22H22ClFN2O2S. The zero-order valence-corrected chi connectivity index (χ0v) is 17.4. The van der Waals surface area contributed by atoms with E-state index in [1.165, 1.54) is 23.1 Å². The summed E-state index contributed by atoms with van der Waals surface area (Å²) in [5.74, 6) is 0.223. The molecule has 0 aliphatic carbocycles. The van der Waals surface area contributed by atoms with Crippen molar-refractivity contribution in [2.24, 2.45) is 5.73 Å². The van der Waals surface area contributed by atoms with Crippen molar-refractivity contribution >= 4 is 29.7 Å². The number of nitrogens with zero attached hydrogens (tertiary/aromatic N) is 1. The van der Waals surface area contributed by atoms with Crippen molar-refractivity contribution in [2.75, 3.05) is 13.1 Å². The number of rotatable bonds is 5. The highest BCUT2D eigenvalue weighted by atomic mass is 35.5. The molecule has 0 unspecified atom stereocenters. The van der Waals surface area contributed by atoms with Gasteiger partial charge >= 0.3 is 0 Å². The fourth-order valence-electron chi connectivity index (χ4n) is 3.35. The molecule has 0 bridgehead atoms. The summed E-state index contributed by atoms with van der Waals surface area (Å²) < 4.78 is 20.2. The summed E-state index contributed by atoms with van der Waals surface area (Å²) >= 11 is 1.71. The van der Waals surface area contributed by atoms with Gasteiger partial charge in [0.15, 0.2) is 0 Å². The Morgan fingerprint density at radius 2 is 1.90 bits per heavy atom. The minimum Gasteiger partial charge on any atom is -0.457 e. The van der Waals surface area contributed by atoms with Crippen LogP contribution in [0.3, 0.4) is 0 Å². The normalized spacial score (nSPS) is 12.8. The van der Waals surface area contributed by atoms with Gasteiger partial charge in [-0.15, -0.1) is 23.7 Å². The van der Waals surface area contributed by atoms with Gasteiger partial charge in [-0.2, -0.15) is 0 Å². The summed E-state index contributed by atoms with van der Waals surface area (Å²) in [5, 5.41) is 2.03. The molecular weight excluding hydrogens is 411 g/mol. The molecule has 3 aromatic rings. The summed E-state index contributed by atoms with van der Waals surface area (Å²) in [6.07, 6.45) is 1.61. The number of fused-ring (bicyclic) bond motifs is 1. The van der Waals surface area contributed by atoms with Crippen molar-refractivity contribution < 1.29 is 13.9 Å². The van der Waals surface area contributed by atoms with E-state index in [2.05, 4.69) is 0 Å². The smallest absolute Gasteiger partial charge is 0.257 e. The predicted octanol–water partition coefficient (Wildman–Crippen LogP) is 4.80. The van der Waals surface area contributed by atoms with Crippen LogP contribution in [0.2, 0.25) is 0 Å². The van der Waals surface area contributed by atoms with Crippen molar-refractivity contribution in [3.63, 3.8) is 0 Å². The number of ether oxygens (including phenoxy) is 1. The molecule has 0 radical (unpaired) electrons. The number of nitrogens with two attached hydrogens (primary N) is 1. The molecule has 0 saturated carbocycles. The molecule has 2 heterocycles. The van der Waals surface area contributed by atoms with Gasteiger partial charge in [-0.05, 0) is 72.3 Å². The molecule has 1 aliphatic rings. The van der Waals surface area contributed by atoms with E-state index in [1.54, 1.807) is 16.2 Å². The molecule has 0 spiro atoms. The fourth-order valence-corrected chi connectivity index (χ4v) is 4.24. The van der Waals surface area contributed by atoms with Crippen LogP contribution in [-0.2, 0) is 19.4 Å². The Kier molecular flexibility index (Phi) is 6.90. The van der Waals surface area contributed by atoms with Crippen molar-refractivity contribution in [1.82, 2.24) is 4.90 Å². The quantitative estimate of drug-likeness (QED) is 0.630. The Morgan fingerprint density at radius 1 is 1.14 bits per heavy atom. The van der Waals surface area contributed by atoms with E-state index in [-0.39, 0.29) is 23.9 Å². The lowest BCUT2D eigenvalue weighted by molar-refractivity contribution is 0.0730. The number of thiophene rings is 1. The van der Waals surface area contributed by atoms with Crippen molar-refractivity contribution in [2.45, 2.75) is 19.4 Å². The zero-order valence-electron chi connectivity index (χ0n) is 15.8. The van der Waals surface area contributed by atoms with Crippen LogP contribution >= 0.6 is 23.7 Å². The topological polar surface area (TPSA) is 55.6 Å². The average Bonchev–Trinajstić information content (AvgIpc) is 3.18. The largest absolute Gasteiger partial charge is 0.457 e. The van der Waals surface area contributed by atoms with E-state index in [1.807, 2.05) is 35.7 Å². The molecule has 4 rings (SSSR count). The van der Waals surface area contributed by atoms with Crippen LogP contribution in [0, 0.1) is 5.82 Å². The van der Waals surface area contributed by atoms with Gasteiger partial charge in [-0.3, -0.25) is 4.79 Å². The highest BCUT2D eigenvalue weighted by Crippen LogP contribution is 2.28. The van der Waals surface area contributed by atoms with Gasteiger partial charge in [0.2, 0.25) is 0 Å². The van der Waals surface area contributed by atoms with Crippen LogP contribution in [-0.4, -0.2) is 23.9 Å². The molecule has 1 amide bonds. The lowest BCUT2D eigenvalue weighted by atomic mass is 10.1. The van der Waals surface area contributed by atoms with Crippen molar-refractivity contribution in [3.8, 4) is 11.5 Å². The molecule has 0 atom stereocenters. The second-order valence-electron chi connectivity index (χ2n) is 6.77. The van der Waals surface area contributed by atoms with E-state index in [4.69, 9.17) is 10.5 Å². The zero-order chi connectivity index (χ0) is 19.5. The Labute approximate surface area is 179 Å². The van der Waals surface area contributed by atoms with Crippen LogP contribution in [0.15, 0.2) is 53.9 Å². The van der Waals surface area contributed by atoms with Gasteiger partial charge in [-0.1, -0.05) is 12.1 Å². The maximum atomic E-state index is 14.4. The number of hydrogen-bond donors (Lipinski definition) is 1. The first-order valence-electron chi connectivity index (χ1n) is 9.25. The second-order valence-corrected chi connectivity index (χ2v) is 7.77. The van der Waals surface area contributed by atoms with Gasteiger partial charge in [0, 0.05) is 18.0 Å². The van der Waals surface area contributed by atoms with E-state index in [0.717, 1.165) is 24.0 Å². The molecule has 2 N–H and O–H groups in total. The monoisotopic (exact) mass is 432 g/mol. The molecule has 1 aromatic heterocycles. The fraction of sp³-hybridized carbons (Fsp3) is 0.227. The first-order chi connectivity index (χ1) is 13.6. The molecule has 4 nitrogen and oxygen atoms in total. The summed E-state index contributed by atoms with van der Waals surface area (Å²) in [7, 11) is 0. The summed E-state index contributed by atoms with van der Waals surface area (Å²) in [5.41, 5.74) is 7.87. The highest BCUT2D eigenvalue weighted by molar-refractivity contribution is 7.10. The van der Waals surface area contributed by atoms with E-state index in [9.17, 15) is 9.18 Å². The standard InChI is InChI=1S/C22H21FN2O2S.ClH/c23-20-6-5-18(27-17-3-1-15(2-4-17)7-10-24)13-19(20)22(26)25-11-8-21-16(14-25)9-12-28-21;/h1-6,9,12-13H,7-8,10-11,14,24H2;1H. The Bertz CT molecular complexity index is 991. The van der Waals surface area contributed by atoms with Gasteiger partial charge < -0.3 is 15.4 Å². The maximum Gasteiger partial charge on any atom is 0.257 e. The van der Waals surface area contributed by atoms with Gasteiger partial charge in [0.25, 0.3) is 5.91 Å². The first-order valence-corrected chi connectivity index (χ1v) is 10.1. The van der Waals surface area contributed by atoms with E-state index in [0.29, 0.717) is 31.1 Å². The second kappa shape index (κ2) is 9.39. The van der Waals surface area contributed by atoms with Crippen LogP contribution in [0.25, 0.3) is 0 Å². The lowest BCUT2D eigenvalue weighted by Gasteiger charge is -2.27. The first kappa shape index (κ1) is 21.3. The van der Waals surface area contributed by atoms with Crippen molar-refractivity contribution in [1.29, 1.82) is 0 Å². The van der Waals surface area contributed by atoms with Crippen LogP contribution in [0.5, 0.6) is 11.5 Å². The maximum absolute atomic E-state index is 14.4. The SMILES string of the molecule is Cl.NCCc1ccc(Oc2ccc(F)c(C(=O)N3CCc4sccc4C3)c2)cc1. The van der Waals surface area contributed by atoms with E-state index < -0.39 is 5.82 Å². The van der Waals surface area contributed by atoms with Crippen LogP contribution in [0.4, 0.5) is 4.39 Å². The average molecular weight is 433 g/mol. The number of amides is 1. The number of carbonyl (C=O) groups excluding carboxylic acids is 1. The third-order valence-corrected chi connectivity index (χ3v) is 5.88. The lowest BCUT2D eigenvalue weighted by Crippen LogP contribution is -2.35. The summed E-state index contributed by atoms with van der Waals surface area (Å²) in [6, 6.07) is 13.9. The molecule has 7 heteroatoms. The molecule has 152 valence electrons. The predicted molar refractivity (Wildman–Crippen MR) is 116 cm³/mol. The number of hydrogen-bond acceptors (Lipinski definition) is 4. The minimum atomic E-state index is -0.535. The van der Waals surface area contributed by atoms with Crippen LogP contribution in [0.1, 0.15) is 26.4 Å². The van der Waals surface area contributed by atoms with Gasteiger partial charge in [-0.25, -0.2) is 4.39 Å². The highest BCUT2D eigenvalue weighted by Gasteiger charge is 2.25. The van der Waals surface area contributed by atoms with Gasteiger partial charge in [0.05, 0.1) is 5.56 Å². The third-order valence-electron chi connectivity index (χ3n) is 4.86. The number of benzene rings is 2. The molecule has 0 saturated heterocycles. The summed E-state index contributed by atoms with van der Waals surface area (Å²) in [6.45, 7) is 1.71. The molecule has 2 aromatic carbocycles. The Balaban J connectivity index is 0.00000240. The van der Waals surface area contributed by atoms with Crippen LogP contribution < -0.4 is 10.5 Å². The molecule has 0 fully saturated rings. The number of halogens is 2. The van der Waals surface area contributed by atoms with Gasteiger partial charge in [0.1, 0.15) is 17.3 Å². The van der Waals surface area contributed by atoms with Crippen molar-refractivity contribution in [3.05, 3.63) is 81.3 Å². The Hall–Kier alpha value is -2.41. The minimum absolute atomic E-state index is 0. The molecule has 29 heavy (non-hydrogen) atoms. The Morgan fingerprint density at radius 3 is 2.66 bits per heavy atom. The summed E-state index contributed by atoms with van der Waals surface area (Å²) in [4.78, 5) is 15.9.